The monoisotopic (exact) mass is 284 g/mol. The first-order valence-electron chi connectivity index (χ1n) is 6.76. The molecule has 0 aliphatic carbocycles. The molecule has 1 aromatic rings. The summed E-state index contributed by atoms with van der Waals surface area (Å²) < 4.78 is 10.2. The molecular formula is C17H32O3. The molecule has 0 aliphatic rings. The van der Waals surface area contributed by atoms with E-state index in [-0.39, 0.29) is 0 Å². The van der Waals surface area contributed by atoms with Gasteiger partial charge in [-0.3, -0.25) is 0 Å². The number of ether oxygens (including phenoxy) is 2. The van der Waals surface area contributed by atoms with Crippen LogP contribution in [0.25, 0.3) is 0 Å². The van der Waals surface area contributed by atoms with Crippen molar-refractivity contribution in [2.24, 2.45) is 5.41 Å². The molecule has 0 atom stereocenters. The zero-order valence-corrected chi connectivity index (χ0v) is 14.7. The molecule has 0 aromatic heterocycles. The van der Waals surface area contributed by atoms with Crippen molar-refractivity contribution in [1.29, 1.82) is 0 Å². The molecule has 20 heavy (non-hydrogen) atoms. The van der Waals surface area contributed by atoms with Gasteiger partial charge in [0.05, 0.1) is 14.2 Å². The Morgan fingerprint density at radius 1 is 0.900 bits per heavy atom. The van der Waals surface area contributed by atoms with E-state index in [4.69, 9.17) is 14.3 Å². The Morgan fingerprint density at radius 3 is 1.35 bits per heavy atom. The Kier molecular flexibility index (Phi) is 16.4. The lowest BCUT2D eigenvalue weighted by Gasteiger charge is -2.07. The lowest BCUT2D eigenvalue weighted by atomic mass is 10.0. The number of hydrogen-bond donors (Lipinski definition) is 0. The van der Waals surface area contributed by atoms with Crippen LogP contribution < -0.4 is 9.47 Å². The molecule has 3 heteroatoms. The predicted octanol–water partition coefficient (Wildman–Crippen LogP) is 4.91. The number of carbonyl (C=O) groups is 1. The van der Waals surface area contributed by atoms with Crippen LogP contribution >= 0.6 is 0 Å². The van der Waals surface area contributed by atoms with Gasteiger partial charge in [-0.05, 0) is 24.5 Å². The van der Waals surface area contributed by atoms with Crippen LogP contribution in [-0.4, -0.2) is 21.0 Å². The van der Waals surface area contributed by atoms with Crippen molar-refractivity contribution >= 4 is 6.79 Å². The van der Waals surface area contributed by atoms with Crippen LogP contribution in [0.2, 0.25) is 0 Å². The Bertz CT molecular complexity index is 299. The lowest BCUT2D eigenvalue weighted by Crippen LogP contribution is -1.93. The van der Waals surface area contributed by atoms with Gasteiger partial charge in [0.2, 0.25) is 0 Å². The Labute approximate surface area is 125 Å². The molecule has 118 valence electrons. The second-order valence-corrected chi connectivity index (χ2v) is 5.29. The molecule has 1 rings (SSSR count). The molecule has 0 unspecified atom stereocenters. The Morgan fingerprint density at radius 2 is 1.15 bits per heavy atom. The minimum atomic E-state index is 0.500. The Balaban J connectivity index is -0.000000272. The van der Waals surface area contributed by atoms with Crippen molar-refractivity contribution in [3.8, 4) is 11.5 Å². The molecule has 0 saturated carbocycles. The minimum Gasteiger partial charge on any atom is -0.496 e. The normalized spacial score (nSPS) is 8.65. The van der Waals surface area contributed by atoms with Gasteiger partial charge in [-0.2, -0.15) is 0 Å². The minimum absolute atomic E-state index is 0.500. The van der Waals surface area contributed by atoms with E-state index in [0.717, 1.165) is 17.1 Å². The van der Waals surface area contributed by atoms with Crippen molar-refractivity contribution in [3.63, 3.8) is 0 Å². The molecule has 0 amide bonds. The zero-order valence-electron chi connectivity index (χ0n) is 14.7. The summed E-state index contributed by atoms with van der Waals surface area (Å²) in [5.41, 5.74) is 1.54. The maximum Gasteiger partial charge on any atom is 0.125 e. The Hall–Kier alpha value is -1.51. The standard InChI is InChI=1S/C9H12O2.C5H12.C2H6.CH2O/c1-7-8(10-2)5-4-6-9(7)11-3;1-5(2,3)4;2*1-2/h4-6H,1-3H3;1-4H3;1-2H3;1H2. The van der Waals surface area contributed by atoms with Crippen molar-refractivity contribution in [2.75, 3.05) is 14.2 Å². The number of methoxy groups -OCH3 is 2. The van der Waals surface area contributed by atoms with Crippen molar-refractivity contribution in [1.82, 2.24) is 0 Å². The summed E-state index contributed by atoms with van der Waals surface area (Å²) in [6.45, 7) is 16.7. The van der Waals surface area contributed by atoms with E-state index in [2.05, 4.69) is 27.7 Å². The second-order valence-electron chi connectivity index (χ2n) is 5.29. The summed E-state index contributed by atoms with van der Waals surface area (Å²) in [6.07, 6.45) is 0. The van der Waals surface area contributed by atoms with E-state index in [1.807, 2.05) is 45.8 Å². The number of carbonyl (C=O) groups excluding carboxylic acids is 1. The highest BCUT2D eigenvalue weighted by Crippen LogP contribution is 2.26. The van der Waals surface area contributed by atoms with Crippen LogP contribution in [-0.2, 0) is 4.79 Å². The van der Waals surface area contributed by atoms with Crippen LogP contribution in [0.4, 0.5) is 0 Å². The van der Waals surface area contributed by atoms with Crippen LogP contribution in [0.3, 0.4) is 0 Å². The largest absolute Gasteiger partial charge is 0.496 e. The highest BCUT2D eigenvalue weighted by Gasteiger charge is 2.01. The van der Waals surface area contributed by atoms with Crippen LogP contribution in [0.15, 0.2) is 18.2 Å². The maximum atomic E-state index is 8.00. The summed E-state index contributed by atoms with van der Waals surface area (Å²) in [5.74, 6) is 1.73. The molecule has 0 spiro atoms. The van der Waals surface area contributed by atoms with Gasteiger partial charge in [0.25, 0.3) is 0 Å². The molecule has 0 bridgehead atoms. The second kappa shape index (κ2) is 13.9. The molecule has 0 heterocycles. The number of rotatable bonds is 2. The summed E-state index contributed by atoms with van der Waals surface area (Å²) in [5, 5.41) is 0. The van der Waals surface area contributed by atoms with Crippen LogP contribution in [0, 0.1) is 12.3 Å². The number of benzene rings is 1. The van der Waals surface area contributed by atoms with E-state index in [1.165, 1.54) is 0 Å². The fourth-order valence-corrected chi connectivity index (χ4v) is 1.04. The lowest BCUT2D eigenvalue weighted by molar-refractivity contribution is -0.0979. The summed E-state index contributed by atoms with van der Waals surface area (Å²) in [6, 6.07) is 5.74. The van der Waals surface area contributed by atoms with Gasteiger partial charge in [0, 0.05) is 5.56 Å². The molecular weight excluding hydrogens is 252 g/mol. The average molecular weight is 284 g/mol. The molecule has 3 nitrogen and oxygen atoms in total. The van der Waals surface area contributed by atoms with Crippen LogP contribution in [0.5, 0.6) is 11.5 Å². The molecule has 0 N–H and O–H groups in total. The predicted molar refractivity (Wildman–Crippen MR) is 87.9 cm³/mol. The van der Waals surface area contributed by atoms with E-state index in [0.29, 0.717) is 5.41 Å². The summed E-state index contributed by atoms with van der Waals surface area (Å²) in [7, 11) is 3.31. The smallest absolute Gasteiger partial charge is 0.125 e. The van der Waals surface area contributed by atoms with Crippen LogP contribution in [0.1, 0.15) is 47.1 Å². The third kappa shape index (κ3) is 14.6. The van der Waals surface area contributed by atoms with Gasteiger partial charge < -0.3 is 14.3 Å². The van der Waals surface area contributed by atoms with E-state index in [1.54, 1.807) is 14.2 Å². The molecule has 0 radical (unpaired) electrons. The van der Waals surface area contributed by atoms with Gasteiger partial charge in [0.1, 0.15) is 18.3 Å². The SMILES string of the molecule is C=O.CC.CC(C)(C)C.COc1cccc(OC)c1C. The first-order valence-corrected chi connectivity index (χ1v) is 6.76. The molecule has 1 aromatic carbocycles. The van der Waals surface area contributed by atoms with Crippen molar-refractivity contribution < 1.29 is 14.3 Å². The van der Waals surface area contributed by atoms with E-state index >= 15 is 0 Å². The quantitative estimate of drug-likeness (QED) is 0.774. The van der Waals surface area contributed by atoms with Gasteiger partial charge in [0.15, 0.2) is 0 Å². The molecule has 0 fully saturated rings. The number of hydrogen-bond acceptors (Lipinski definition) is 3. The average Bonchev–Trinajstić information content (AvgIpc) is 2.42. The highest BCUT2D eigenvalue weighted by molar-refractivity contribution is 5.43. The molecule has 0 saturated heterocycles. The van der Waals surface area contributed by atoms with Crippen molar-refractivity contribution in [3.05, 3.63) is 23.8 Å². The fourth-order valence-electron chi connectivity index (χ4n) is 1.04. The van der Waals surface area contributed by atoms with E-state index in [9.17, 15) is 0 Å². The van der Waals surface area contributed by atoms with Gasteiger partial charge >= 0.3 is 0 Å². The zero-order chi connectivity index (χ0) is 16.8. The van der Waals surface area contributed by atoms with Gasteiger partial charge in [-0.15, -0.1) is 0 Å². The third-order valence-corrected chi connectivity index (χ3v) is 1.67. The summed E-state index contributed by atoms with van der Waals surface area (Å²) >= 11 is 0. The highest BCUT2D eigenvalue weighted by atomic mass is 16.5. The maximum absolute atomic E-state index is 8.00. The fraction of sp³-hybridized carbons (Fsp3) is 0.588. The first kappa shape index (κ1) is 23.6. The topological polar surface area (TPSA) is 35.5 Å². The summed E-state index contributed by atoms with van der Waals surface area (Å²) in [4.78, 5) is 8.00. The van der Waals surface area contributed by atoms with Gasteiger partial charge in [-0.1, -0.05) is 47.6 Å². The van der Waals surface area contributed by atoms with E-state index < -0.39 is 0 Å². The van der Waals surface area contributed by atoms with Gasteiger partial charge in [-0.25, -0.2) is 0 Å². The first-order chi connectivity index (χ1) is 9.29. The van der Waals surface area contributed by atoms with Crippen molar-refractivity contribution in [2.45, 2.75) is 48.5 Å². The molecule has 0 aliphatic heterocycles. The third-order valence-electron chi connectivity index (χ3n) is 1.67.